The summed E-state index contributed by atoms with van der Waals surface area (Å²) in [7, 11) is -1.16. The summed E-state index contributed by atoms with van der Waals surface area (Å²) in [5.74, 6) is 0.101. The third-order valence-corrected chi connectivity index (χ3v) is 6.76. The van der Waals surface area contributed by atoms with Crippen LogP contribution in [0.4, 0.5) is 0 Å². The van der Waals surface area contributed by atoms with Crippen LogP contribution in [-0.2, 0) is 9.84 Å². The topological polar surface area (TPSA) is 70.6 Å². The van der Waals surface area contributed by atoms with Crippen molar-refractivity contribution in [3.63, 3.8) is 0 Å². The van der Waals surface area contributed by atoms with E-state index < -0.39 is 9.84 Å². The van der Waals surface area contributed by atoms with Crippen LogP contribution in [0.3, 0.4) is 0 Å². The molecule has 0 unspecified atom stereocenters. The second-order valence-corrected chi connectivity index (χ2v) is 8.76. The van der Waals surface area contributed by atoms with Crippen LogP contribution in [0.2, 0.25) is 0 Å². The Bertz CT molecular complexity index is 912. The van der Waals surface area contributed by atoms with Crippen LogP contribution in [0.1, 0.15) is 10.4 Å². The second kappa shape index (κ2) is 5.53. The first-order valence-corrected chi connectivity index (χ1v) is 9.83. The number of aromatic nitrogens is 1. The van der Waals surface area contributed by atoms with E-state index in [9.17, 15) is 13.2 Å². The molecule has 1 amide bonds. The van der Waals surface area contributed by atoms with E-state index in [1.54, 1.807) is 17.2 Å². The van der Waals surface area contributed by atoms with Crippen molar-refractivity contribution in [2.24, 2.45) is 0 Å². The summed E-state index contributed by atoms with van der Waals surface area (Å²) in [5, 5.41) is 0.910. The van der Waals surface area contributed by atoms with Crippen molar-refractivity contribution in [3.8, 4) is 0 Å². The molecule has 0 radical (unpaired) electrons. The van der Waals surface area contributed by atoms with Crippen molar-refractivity contribution in [1.29, 1.82) is 0 Å². The predicted octanol–water partition coefficient (Wildman–Crippen LogP) is 0.788. The van der Waals surface area contributed by atoms with Gasteiger partial charge in [0, 0.05) is 36.3 Å². The molecule has 0 N–H and O–H groups in total. The second-order valence-electron chi connectivity index (χ2n) is 6.60. The third kappa shape index (κ3) is 2.57. The zero-order chi connectivity index (χ0) is 16.9. The van der Waals surface area contributed by atoms with Crippen molar-refractivity contribution in [1.82, 2.24) is 14.8 Å². The number of nitrogens with zero attached hydrogens (tertiary/aromatic N) is 3. The number of sulfone groups is 1. The molecule has 2 saturated heterocycles. The standard InChI is InChI=1S/C17H19N3O3S/c1-19-7-8-20(16-11-24(22,23)10-15(16)19)17(21)13-4-5-14-12(9-13)3-2-6-18-14/h2-6,9,15-16H,7-8,10-11H2,1H3/t15-,16+/m0/s1. The molecule has 4 rings (SSSR count). The number of likely N-dealkylation sites (N-methyl/N-ethyl adjacent to an activating group) is 1. The Morgan fingerprint density at radius 2 is 1.96 bits per heavy atom. The summed E-state index contributed by atoms with van der Waals surface area (Å²) in [6.07, 6.45) is 1.72. The zero-order valence-corrected chi connectivity index (χ0v) is 14.2. The van der Waals surface area contributed by atoms with Crippen molar-refractivity contribution in [3.05, 3.63) is 42.1 Å². The lowest BCUT2D eigenvalue weighted by Gasteiger charge is -2.42. The van der Waals surface area contributed by atoms with Crippen LogP contribution < -0.4 is 0 Å². The number of hydrogen-bond acceptors (Lipinski definition) is 5. The Kier molecular flexibility index (Phi) is 3.58. The number of amides is 1. The zero-order valence-electron chi connectivity index (χ0n) is 13.4. The fraction of sp³-hybridized carbons (Fsp3) is 0.412. The van der Waals surface area contributed by atoms with Crippen molar-refractivity contribution < 1.29 is 13.2 Å². The molecule has 2 fully saturated rings. The minimum atomic E-state index is -3.09. The quantitative estimate of drug-likeness (QED) is 0.764. The third-order valence-electron chi connectivity index (χ3n) is 5.06. The monoisotopic (exact) mass is 345 g/mol. The molecule has 0 aliphatic carbocycles. The average molecular weight is 345 g/mol. The Hall–Kier alpha value is -1.99. The highest BCUT2D eigenvalue weighted by atomic mass is 32.2. The summed E-state index contributed by atoms with van der Waals surface area (Å²) in [4.78, 5) is 21.1. The predicted molar refractivity (Wildman–Crippen MR) is 91.6 cm³/mol. The van der Waals surface area contributed by atoms with Gasteiger partial charge in [-0.1, -0.05) is 6.07 Å². The van der Waals surface area contributed by atoms with Gasteiger partial charge in [0.2, 0.25) is 0 Å². The van der Waals surface area contributed by atoms with Gasteiger partial charge >= 0.3 is 0 Å². The summed E-state index contributed by atoms with van der Waals surface area (Å²) >= 11 is 0. The first kappa shape index (κ1) is 15.5. The fourth-order valence-electron chi connectivity index (χ4n) is 3.75. The Morgan fingerprint density at radius 3 is 2.79 bits per heavy atom. The number of carbonyl (C=O) groups excluding carboxylic acids is 1. The number of pyridine rings is 1. The lowest BCUT2D eigenvalue weighted by Crippen LogP contribution is -2.59. The molecular weight excluding hydrogens is 326 g/mol. The van der Waals surface area contributed by atoms with Gasteiger partial charge in [-0.05, 0) is 31.3 Å². The highest BCUT2D eigenvalue weighted by molar-refractivity contribution is 7.91. The molecule has 24 heavy (non-hydrogen) atoms. The Labute approximate surface area is 141 Å². The van der Waals surface area contributed by atoms with Crippen LogP contribution in [0.5, 0.6) is 0 Å². The number of benzene rings is 1. The molecule has 7 heteroatoms. The molecular formula is C17H19N3O3S. The summed E-state index contributed by atoms with van der Waals surface area (Å²) < 4.78 is 24.1. The van der Waals surface area contributed by atoms with E-state index in [1.165, 1.54) is 0 Å². The number of hydrogen-bond donors (Lipinski definition) is 0. The van der Waals surface area contributed by atoms with Crippen LogP contribution in [0.25, 0.3) is 10.9 Å². The highest BCUT2D eigenvalue weighted by Crippen LogP contribution is 2.27. The fourth-order valence-corrected chi connectivity index (χ4v) is 5.81. The van der Waals surface area contributed by atoms with Gasteiger partial charge in [-0.3, -0.25) is 14.7 Å². The first-order chi connectivity index (χ1) is 11.4. The van der Waals surface area contributed by atoms with Gasteiger partial charge < -0.3 is 4.90 Å². The van der Waals surface area contributed by atoms with E-state index in [1.807, 2.05) is 31.3 Å². The molecule has 1 aromatic carbocycles. The molecule has 2 aromatic rings. The number of carbonyl (C=O) groups is 1. The van der Waals surface area contributed by atoms with Crippen molar-refractivity contribution >= 4 is 26.6 Å². The van der Waals surface area contributed by atoms with Crippen molar-refractivity contribution in [2.45, 2.75) is 12.1 Å². The molecule has 2 aliphatic rings. The summed E-state index contributed by atoms with van der Waals surface area (Å²) in [6.45, 7) is 1.24. The van der Waals surface area contributed by atoms with E-state index in [0.29, 0.717) is 18.7 Å². The maximum atomic E-state index is 13.0. The maximum Gasteiger partial charge on any atom is 0.254 e. The minimum Gasteiger partial charge on any atom is -0.332 e. The Morgan fingerprint density at radius 1 is 1.17 bits per heavy atom. The largest absolute Gasteiger partial charge is 0.332 e. The SMILES string of the molecule is CN1CCN(C(=O)c2ccc3ncccc3c2)[C@@H]2CS(=O)(=O)C[C@@H]21. The summed E-state index contributed by atoms with van der Waals surface area (Å²) in [5.41, 5.74) is 1.43. The number of piperazine rings is 1. The van der Waals surface area contributed by atoms with E-state index in [4.69, 9.17) is 0 Å². The molecule has 0 spiro atoms. The van der Waals surface area contributed by atoms with Gasteiger partial charge in [-0.25, -0.2) is 8.42 Å². The van der Waals surface area contributed by atoms with E-state index in [0.717, 1.165) is 10.9 Å². The average Bonchev–Trinajstić information content (AvgIpc) is 2.90. The molecule has 2 atom stereocenters. The highest BCUT2D eigenvalue weighted by Gasteiger charge is 2.47. The van der Waals surface area contributed by atoms with Gasteiger partial charge in [0.1, 0.15) is 0 Å². The van der Waals surface area contributed by atoms with Crippen LogP contribution in [0, 0.1) is 0 Å². The maximum absolute atomic E-state index is 13.0. The normalized spacial score (nSPS) is 26.5. The Balaban J connectivity index is 1.67. The van der Waals surface area contributed by atoms with Gasteiger partial charge in [-0.15, -0.1) is 0 Å². The van der Waals surface area contributed by atoms with E-state index >= 15 is 0 Å². The van der Waals surface area contributed by atoms with Crippen LogP contribution in [0.15, 0.2) is 36.5 Å². The van der Waals surface area contributed by atoms with Crippen LogP contribution in [-0.4, -0.2) is 72.8 Å². The lowest BCUT2D eigenvalue weighted by atomic mass is 10.0. The van der Waals surface area contributed by atoms with E-state index in [-0.39, 0.29) is 29.5 Å². The number of fused-ring (bicyclic) bond motifs is 2. The van der Waals surface area contributed by atoms with Crippen LogP contribution >= 0.6 is 0 Å². The molecule has 3 heterocycles. The smallest absolute Gasteiger partial charge is 0.254 e. The summed E-state index contributed by atoms with van der Waals surface area (Å²) in [6, 6.07) is 8.84. The van der Waals surface area contributed by atoms with E-state index in [2.05, 4.69) is 9.88 Å². The van der Waals surface area contributed by atoms with Gasteiger partial charge in [-0.2, -0.15) is 0 Å². The minimum absolute atomic E-state index is 0.0584. The molecule has 6 nitrogen and oxygen atoms in total. The number of rotatable bonds is 1. The molecule has 0 saturated carbocycles. The molecule has 0 bridgehead atoms. The molecule has 1 aromatic heterocycles. The lowest BCUT2D eigenvalue weighted by molar-refractivity contribution is 0.0410. The van der Waals surface area contributed by atoms with Crippen molar-refractivity contribution in [2.75, 3.05) is 31.6 Å². The first-order valence-electron chi connectivity index (χ1n) is 8.01. The molecule has 2 aliphatic heterocycles. The van der Waals surface area contributed by atoms with Gasteiger partial charge in [0.15, 0.2) is 9.84 Å². The van der Waals surface area contributed by atoms with Gasteiger partial charge in [0.05, 0.1) is 23.1 Å². The van der Waals surface area contributed by atoms with Gasteiger partial charge in [0.25, 0.3) is 5.91 Å². The molecule has 126 valence electrons.